The predicted octanol–water partition coefficient (Wildman–Crippen LogP) is 2.93. The van der Waals surface area contributed by atoms with Crippen LogP contribution in [0.4, 0.5) is 0 Å². The van der Waals surface area contributed by atoms with Crippen LogP contribution in [-0.2, 0) is 52.0 Å². The van der Waals surface area contributed by atoms with Crippen LogP contribution in [-0.4, -0.2) is 40.3 Å². The van der Waals surface area contributed by atoms with Gasteiger partial charge < -0.3 is 13.9 Å². The van der Waals surface area contributed by atoms with Gasteiger partial charge in [-0.2, -0.15) is 0 Å². The molecular formula is C24H24O9S2. The van der Waals surface area contributed by atoms with Crippen molar-refractivity contribution in [3.63, 3.8) is 0 Å². The van der Waals surface area contributed by atoms with Crippen molar-refractivity contribution >= 4 is 31.6 Å². The van der Waals surface area contributed by atoms with E-state index in [0.29, 0.717) is 11.1 Å². The highest BCUT2D eigenvalue weighted by Gasteiger charge is 2.22. The molecule has 0 bridgehead atoms. The molecule has 0 saturated carbocycles. The molecule has 0 aliphatic rings. The summed E-state index contributed by atoms with van der Waals surface area (Å²) < 4.78 is 64.6. The minimum atomic E-state index is -3.87. The maximum absolute atomic E-state index is 12.4. The topological polar surface area (TPSA) is 134 Å². The maximum atomic E-state index is 12.4. The van der Waals surface area contributed by atoms with Gasteiger partial charge >= 0.3 is 11.9 Å². The Balaban J connectivity index is 1.52. The lowest BCUT2D eigenvalue weighted by atomic mass is 10.2. The Labute approximate surface area is 203 Å². The van der Waals surface area contributed by atoms with Gasteiger partial charge in [0.2, 0.25) is 0 Å². The van der Waals surface area contributed by atoms with Gasteiger partial charge in [-0.05, 0) is 38.1 Å². The second-order valence-electron chi connectivity index (χ2n) is 7.89. The third-order valence-electron chi connectivity index (χ3n) is 4.99. The highest BCUT2D eigenvalue weighted by atomic mass is 32.2. The summed E-state index contributed by atoms with van der Waals surface area (Å²) >= 11 is 0. The van der Waals surface area contributed by atoms with Crippen LogP contribution < -0.4 is 0 Å². The Morgan fingerprint density at radius 1 is 0.657 bits per heavy atom. The molecule has 0 atom stereocenters. The zero-order valence-corrected chi connectivity index (χ0v) is 20.7. The number of carbonyl (C=O) groups is 2. The van der Waals surface area contributed by atoms with Crippen molar-refractivity contribution in [2.45, 2.75) is 36.9 Å². The number of hydrogen-bond donors (Lipinski definition) is 0. The summed E-state index contributed by atoms with van der Waals surface area (Å²) in [6, 6.07) is 12.2. The molecule has 0 N–H and O–H groups in total. The summed E-state index contributed by atoms with van der Waals surface area (Å²) in [5.74, 6) is -3.60. The Bertz CT molecular complexity index is 1290. The molecule has 0 unspecified atom stereocenters. The number of aryl methyl sites for hydroxylation is 2. The number of carbonyl (C=O) groups excluding carboxylic acids is 2. The number of benzene rings is 2. The fourth-order valence-corrected chi connectivity index (χ4v) is 5.19. The highest BCUT2D eigenvalue weighted by molar-refractivity contribution is 7.92. The summed E-state index contributed by atoms with van der Waals surface area (Å²) in [6.07, 6.45) is 2.52. The van der Waals surface area contributed by atoms with Crippen LogP contribution in [0.15, 0.2) is 75.3 Å². The number of hydrogen-bond acceptors (Lipinski definition) is 9. The molecule has 1 heterocycles. The molecule has 1 aromatic heterocycles. The normalized spacial score (nSPS) is 11.7. The van der Waals surface area contributed by atoms with E-state index in [-0.39, 0.29) is 23.0 Å². The molecular weight excluding hydrogens is 496 g/mol. The van der Waals surface area contributed by atoms with Crippen LogP contribution in [0.5, 0.6) is 0 Å². The van der Waals surface area contributed by atoms with Crippen molar-refractivity contribution in [3.05, 3.63) is 83.3 Å². The molecule has 0 radical (unpaired) electrons. The third kappa shape index (κ3) is 7.27. The Kier molecular flexibility index (Phi) is 8.13. The number of ether oxygens (including phenoxy) is 2. The van der Waals surface area contributed by atoms with Crippen molar-refractivity contribution < 1.29 is 40.3 Å². The van der Waals surface area contributed by atoms with Crippen molar-refractivity contribution in [3.8, 4) is 0 Å². The summed E-state index contributed by atoms with van der Waals surface area (Å²) in [5.41, 5.74) is 2.46. The lowest BCUT2D eigenvalue weighted by molar-refractivity contribution is -0.143. The molecule has 0 aliphatic carbocycles. The van der Waals surface area contributed by atoms with Crippen molar-refractivity contribution in [1.29, 1.82) is 0 Å². The first-order valence-corrected chi connectivity index (χ1v) is 13.7. The van der Waals surface area contributed by atoms with E-state index in [2.05, 4.69) is 0 Å². The van der Waals surface area contributed by atoms with Crippen LogP contribution in [0.1, 0.15) is 22.3 Å². The monoisotopic (exact) mass is 520 g/mol. The van der Waals surface area contributed by atoms with Gasteiger partial charge in [0.05, 0.1) is 22.3 Å². The highest BCUT2D eigenvalue weighted by Crippen LogP contribution is 2.17. The van der Waals surface area contributed by atoms with E-state index in [1.165, 1.54) is 36.8 Å². The molecule has 11 heteroatoms. The SMILES string of the molecule is Cc1ccc(S(=O)(=O)CC(=O)OCc2cocc2COC(=O)CS(=O)(=O)c2ccc(C)cc2)cc1. The van der Waals surface area contributed by atoms with E-state index in [1.807, 2.05) is 13.8 Å². The van der Waals surface area contributed by atoms with Crippen LogP contribution in [0.3, 0.4) is 0 Å². The van der Waals surface area contributed by atoms with Crippen molar-refractivity contribution in [2.24, 2.45) is 0 Å². The molecule has 9 nitrogen and oxygen atoms in total. The fourth-order valence-electron chi connectivity index (χ4n) is 2.97. The average Bonchev–Trinajstić information content (AvgIpc) is 3.24. The predicted molar refractivity (Wildman–Crippen MR) is 125 cm³/mol. The Hall–Kier alpha value is -3.44. The van der Waals surface area contributed by atoms with Gasteiger partial charge in [-0.1, -0.05) is 35.4 Å². The van der Waals surface area contributed by atoms with E-state index < -0.39 is 43.1 Å². The summed E-state index contributed by atoms with van der Waals surface area (Å²) in [6.45, 7) is 3.00. The standard InChI is InChI=1S/C24H24O9S2/c1-17-3-7-21(8-4-17)34(27,28)15-23(25)32-13-19-11-31-12-20(19)14-33-24(26)16-35(29,30)22-9-5-18(2)6-10-22/h3-12H,13-16H2,1-2H3. The number of rotatable bonds is 10. The molecule has 3 aromatic rings. The molecule has 2 aromatic carbocycles. The molecule has 0 amide bonds. The van der Waals surface area contributed by atoms with Gasteiger partial charge in [-0.3, -0.25) is 9.59 Å². The largest absolute Gasteiger partial charge is 0.472 e. The summed E-state index contributed by atoms with van der Waals surface area (Å²) in [7, 11) is -7.73. The van der Waals surface area contributed by atoms with Gasteiger partial charge in [-0.15, -0.1) is 0 Å². The van der Waals surface area contributed by atoms with Crippen molar-refractivity contribution in [1.82, 2.24) is 0 Å². The third-order valence-corrected chi connectivity index (χ3v) is 8.20. The van der Waals surface area contributed by atoms with Crippen molar-refractivity contribution in [2.75, 3.05) is 11.5 Å². The van der Waals surface area contributed by atoms with E-state index in [9.17, 15) is 26.4 Å². The van der Waals surface area contributed by atoms with Gasteiger partial charge in [0, 0.05) is 11.1 Å². The number of furan rings is 1. The van der Waals surface area contributed by atoms with Gasteiger partial charge in [0.15, 0.2) is 31.2 Å². The molecule has 0 saturated heterocycles. The Morgan fingerprint density at radius 3 is 1.34 bits per heavy atom. The molecule has 186 valence electrons. The molecule has 0 spiro atoms. The van der Waals surface area contributed by atoms with Crippen LogP contribution in [0.2, 0.25) is 0 Å². The van der Waals surface area contributed by atoms with E-state index in [4.69, 9.17) is 13.9 Å². The van der Waals surface area contributed by atoms with Gasteiger partial charge in [0.1, 0.15) is 13.2 Å². The molecule has 0 fully saturated rings. The molecule has 3 rings (SSSR count). The van der Waals surface area contributed by atoms with Gasteiger partial charge in [-0.25, -0.2) is 16.8 Å². The van der Waals surface area contributed by atoms with E-state index in [0.717, 1.165) is 11.1 Å². The average molecular weight is 521 g/mol. The van der Waals surface area contributed by atoms with E-state index in [1.54, 1.807) is 24.3 Å². The van der Waals surface area contributed by atoms with Crippen LogP contribution in [0.25, 0.3) is 0 Å². The zero-order valence-electron chi connectivity index (χ0n) is 19.1. The lowest BCUT2D eigenvalue weighted by Crippen LogP contribution is -2.19. The van der Waals surface area contributed by atoms with Crippen LogP contribution >= 0.6 is 0 Å². The quantitative estimate of drug-likeness (QED) is 0.370. The minimum Gasteiger partial charge on any atom is -0.472 e. The van der Waals surface area contributed by atoms with Gasteiger partial charge in [0.25, 0.3) is 0 Å². The van der Waals surface area contributed by atoms with Crippen LogP contribution in [0, 0.1) is 13.8 Å². The van der Waals surface area contributed by atoms with E-state index >= 15 is 0 Å². The Morgan fingerprint density at radius 2 is 1.00 bits per heavy atom. The first kappa shape index (κ1) is 26.2. The number of sulfone groups is 2. The lowest BCUT2D eigenvalue weighted by Gasteiger charge is -2.08. The fraction of sp³-hybridized carbons (Fsp3) is 0.250. The smallest absolute Gasteiger partial charge is 0.321 e. The maximum Gasteiger partial charge on any atom is 0.321 e. The first-order valence-electron chi connectivity index (χ1n) is 10.4. The second-order valence-corrected chi connectivity index (χ2v) is 11.9. The summed E-state index contributed by atoms with van der Waals surface area (Å²) in [5, 5.41) is 0. The molecule has 35 heavy (non-hydrogen) atoms. The second kappa shape index (κ2) is 10.9. The molecule has 0 aliphatic heterocycles. The minimum absolute atomic E-state index is 0.0107. The summed E-state index contributed by atoms with van der Waals surface area (Å²) in [4.78, 5) is 24.2. The first-order chi connectivity index (χ1) is 16.5. The zero-order chi connectivity index (χ0) is 25.6. The number of esters is 2.